The summed E-state index contributed by atoms with van der Waals surface area (Å²) in [5.74, 6) is -0.0900. The van der Waals surface area contributed by atoms with Crippen LogP contribution in [0.5, 0.6) is 0 Å². The number of alkyl carbamates (subject to hydrolysis) is 2. The van der Waals surface area contributed by atoms with Gasteiger partial charge in [0.1, 0.15) is 18.2 Å². The maximum absolute atomic E-state index is 13.3. The summed E-state index contributed by atoms with van der Waals surface area (Å²) in [5, 5.41) is 14.1. The first-order valence-electron chi connectivity index (χ1n) is 14.7. The van der Waals surface area contributed by atoms with E-state index in [0.717, 1.165) is 15.6 Å². The Morgan fingerprint density at radius 3 is 2.23 bits per heavy atom. The standard InChI is InChI=1S/C29H47N7O6S2/c1-18(2)25-34-21(16-43-25)14-36(8)26(38)35-23(11-12-31-27(39)42-29(5,6)7)24(37)32-19(3)9-10-20(4)33-28(40)41-15-22-13-30-17-44-22/h13,16-20,23H,9-12,14-15H2,1-8H3,(H,31,39)(H,32,37)(H,33,40)(H,35,38). The summed E-state index contributed by atoms with van der Waals surface area (Å²) < 4.78 is 10.5. The summed E-state index contributed by atoms with van der Waals surface area (Å²) in [4.78, 5) is 61.4. The third-order valence-corrected chi connectivity index (χ3v) is 8.09. The lowest BCUT2D eigenvalue weighted by molar-refractivity contribution is -0.123. The van der Waals surface area contributed by atoms with Crippen molar-refractivity contribution >= 4 is 46.8 Å². The van der Waals surface area contributed by atoms with Gasteiger partial charge in [-0.2, -0.15) is 0 Å². The Hall–Kier alpha value is -3.46. The first-order chi connectivity index (χ1) is 20.6. The lowest BCUT2D eigenvalue weighted by atomic mass is 10.1. The van der Waals surface area contributed by atoms with Gasteiger partial charge in [0.15, 0.2) is 0 Å². The molecule has 2 heterocycles. The Bertz CT molecular complexity index is 1200. The molecule has 0 saturated heterocycles. The van der Waals surface area contributed by atoms with E-state index in [9.17, 15) is 19.2 Å². The topological polar surface area (TPSA) is 164 Å². The van der Waals surface area contributed by atoms with Crippen molar-refractivity contribution < 1.29 is 28.7 Å². The highest BCUT2D eigenvalue weighted by atomic mass is 32.1. The number of ether oxygens (including phenoxy) is 2. The second kappa shape index (κ2) is 17.7. The number of urea groups is 1. The van der Waals surface area contributed by atoms with Gasteiger partial charge in [0.05, 0.1) is 27.6 Å². The molecule has 44 heavy (non-hydrogen) atoms. The Labute approximate surface area is 267 Å². The summed E-state index contributed by atoms with van der Waals surface area (Å²) >= 11 is 2.95. The summed E-state index contributed by atoms with van der Waals surface area (Å²) in [6, 6.07) is -1.79. The highest BCUT2D eigenvalue weighted by Gasteiger charge is 2.25. The van der Waals surface area contributed by atoms with E-state index in [1.54, 1.807) is 50.9 Å². The van der Waals surface area contributed by atoms with Gasteiger partial charge in [-0.1, -0.05) is 13.8 Å². The van der Waals surface area contributed by atoms with Gasteiger partial charge in [0.2, 0.25) is 5.91 Å². The smallest absolute Gasteiger partial charge is 0.407 e. The lowest BCUT2D eigenvalue weighted by Crippen LogP contribution is -2.53. The average molecular weight is 654 g/mol. The number of carbonyl (C=O) groups excluding carboxylic acids is 4. The maximum Gasteiger partial charge on any atom is 0.407 e. The fourth-order valence-corrected chi connectivity index (χ4v) is 5.15. The van der Waals surface area contributed by atoms with Crippen molar-refractivity contribution in [2.75, 3.05) is 13.6 Å². The number of aromatic nitrogens is 2. The molecule has 15 heteroatoms. The normalized spacial score (nSPS) is 13.4. The van der Waals surface area contributed by atoms with E-state index in [1.165, 1.54) is 16.2 Å². The molecule has 5 amide bonds. The fourth-order valence-electron chi connectivity index (χ4n) is 3.82. The molecule has 0 bridgehead atoms. The minimum absolute atomic E-state index is 0.111. The third-order valence-electron chi connectivity index (χ3n) is 6.14. The van der Waals surface area contributed by atoms with Gasteiger partial charge >= 0.3 is 18.2 Å². The second-order valence-corrected chi connectivity index (χ2v) is 13.8. The Morgan fingerprint density at radius 1 is 0.955 bits per heavy atom. The van der Waals surface area contributed by atoms with Crippen LogP contribution in [-0.4, -0.2) is 76.3 Å². The van der Waals surface area contributed by atoms with Crippen molar-refractivity contribution in [3.05, 3.63) is 32.7 Å². The van der Waals surface area contributed by atoms with Crippen LogP contribution < -0.4 is 21.3 Å². The zero-order valence-electron chi connectivity index (χ0n) is 26.9. The van der Waals surface area contributed by atoms with Crippen LogP contribution in [0.3, 0.4) is 0 Å². The van der Waals surface area contributed by atoms with Crippen LogP contribution in [0.2, 0.25) is 0 Å². The quantitative estimate of drug-likeness (QED) is 0.214. The molecule has 0 radical (unpaired) electrons. The molecule has 13 nitrogen and oxygen atoms in total. The molecule has 0 saturated carbocycles. The van der Waals surface area contributed by atoms with Crippen LogP contribution in [0.25, 0.3) is 0 Å². The zero-order chi connectivity index (χ0) is 32.9. The second-order valence-electron chi connectivity index (χ2n) is 12.0. The highest BCUT2D eigenvalue weighted by Crippen LogP contribution is 2.20. The number of nitrogens with one attached hydrogen (secondary N) is 4. The van der Waals surface area contributed by atoms with Crippen molar-refractivity contribution in [2.45, 2.75) is 111 Å². The van der Waals surface area contributed by atoms with Crippen LogP contribution in [0.1, 0.15) is 89.2 Å². The van der Waals surface area contributed by atoms with Gasteiger partial charge in [0.25, 0.3) is 0 Å². The summed E-state index contributed by atoms with van der Waals surface area (Å²) in [6.07, 6.45) is 1.82. The predicted octanol–water partition coefficient (Wildman–Crippen LogP) is 4.75. The van der Waals surface area contributed by atoms with Gasteiger partial charge < -0.3 is 35.6 Å². The van der Waals surface area contributed by atoms with Gasteiger partial charge in [-0.25, -0.2) is 19.4 Å². The van der Waals surface area contributed by atoms with Crippen LogP contribution in [0.4, 0.5) is 14.4 Å². The number of rotatable bonds is 15. The van der Waals surface area contributed by atoms with Crippen LogP contribution >= 0.6 is 22.7 Å². The largest absolute Gasteiger partial charge is 0.444 e. The third kappa shape index (κ3) is 14.3. The number of carbonyl (C=O) groups is 4. The Kier molecular flexibility index (Phi) is 14.8. The number of amides is 5. The van der Waals surface area contributed by atoms with E-state index in [4.69, 9.17) is 9.47 Å². The predicted molar refractivity (Wildman–Crippen MR) is 171 cm³/mol. The zero-order valence-corrected chi connectivity index (χ0v) is 28.5. The van der Waals surface area contributed by atoms with Crippen LogP contribution in [0, 0.1) is 0 Å². The van der Waals surface area contributed by atoms with Crippen molar-refractivity contribution in [2.24, 2.45) is 0 Å². The van der Waals surface area contributed by atoms with Gasteiger partial charge in [-0.15, -0.1) is 22.7 Å². The first kappa shape index (κ1) is 36.7. The molecule has 2 aromatic rings. The molecule has 0 aromatic carbocycles. The van der Waals surface area contributed by atoms with Crippen LogP contribution in [0.15, 0.2) is 17.1 Å². The maximum atomic E-state index is 13.3. The number of nitrogens with zero attached hydrogens (tertiary/aromatic N) is 3. The highest BCUT2D eigenvalue weighted by molar-refractivity contribution is 7.09. The lowest BCUT2D eigenvalue weighted by Gasteiger charge is -2.25. The molecule has 2 aromatic heterocycles. The minimum atomic E-state index is -0.915. The molecular formula is C29H47N7O6S2. The number of thiazole rings is 2. The van der Waals surface area contributed by atoms with E-state index < -0.39 is 29.9 Å². The van der Waals surface area contributed by atoms with Gasteiger partial charge in [0, 0.05) is 43.2 Å². The van der Waals surface area contributed by atoms with Gasteiger partial charge in [-0.05, 0) is 53.9 Å². The van der Waals surface area contributed by atoms with E-state index in [0.29, 0.717) is 18.8 Å². The average Bonchev–Trinajstić information content (AvgIpc) is 3.61. The fraction of sp³-hybridized carbons (Fsp3) is 0.655. The van der Waals surface area contributed by atoms with E-state index >= 15 is 0 Å². The van der Waals surface area contributed by atoms with E-state index in [2.05, 4.69) is 45.1 Å². The molecule has 3 unspecified atom stereocenters. The van der Waals surface area contributed by atoms with Gasteiger partial charge in [-0.3, -0.25) is 9.78 Å². The molecule has 246 valence electrons. The SMILES string of the molecule is CC(CCC(C)NC(=O)C(CCNC(=O)OC(C)(C)C)NC(=O)N(C)Cc1csc(C(C)C)n1)NC(=O)OCc1cncs1. The van der Waals surface area contributed by atoms with Crippen molar-refractivity contribution in [1.82, 2.24) is 36.1 Å². The van der Waals surface area contributed by atoms with Crippen LogP contribution in [-0.2, 0) is 27.4 Å². The molecule has 0 aliphatic rings. The Morgan fingerprint density at radius 2 is 1.64 bits per heavy atom. The summed E-state index contributed by atoms with van der Waals surface area (Å²) in [6.45, 7) is 13.7. The van der Waals surface area contributed by atoms with Crippen molar-refractivity contribution in [3.63, 3.8) is 0 Å². The molecule has 0 aliphatic carbocycles. The Balaban J connectivity index is 1.90. The van der Waals surface area contributed by atoms with E-state index in [-0.39, 0.29) is 44.1 Å². The molecule has 3 atom stereocenters. The number of hydrogen-bond acceptors (Lipinski definition) is 10. The first-order valence-corrected chi connectivity index (χ1v) is 16.4. The van der Waals surface area contributed by atoms with Crippen molar-refractivity contribution in [1.29, 1.82) is 0 Å². The monoisotopic (exact) mass is 653 g/mol. The number of hydrogen-bond donors (Lipinski definition) is 4. The molecule has 0 aliphatic heterocycles. The molecule has 4 N–H and O–H groups in total. The minimum Gasteiger partial charge on any atom is -0.444 e. The summed E-state index contributed by atoms with van der Waals surface area (Å²) in [7, 11) is 1.64. The summed E-state index contributed by atoms with van der Waals surface area (Å²) in [5.41, 5.74) is 1.78. The molecule has 0 fully saturated rings. The molecular weight excluding hydrogens is 606 g/mol. The molecule has 0 spiro atoms. The van der Waals surface area contributed by atoms with E-state index in [1.807, 2.05) is 19.2 Å². The van der Waals surface area contributed by atoms with Crippen molar-refractivity contribution in [3.8, 4) is 0 Å². The molecule has 2 rings (SSSR count).